The Balaban J connectivity index is 2.59. The molecule has 0 heterocycles. The Morgan fingerprint density at radius 1 is 1.44 bits per heavy atom. The Morgan fingerprint density at radius 2 is 2.22 bits per heavy atom. The van der Waals surface area contributed by atoms with E-state index in [1.165, 1.54) is 0 Å². The molecule has 0 unspecified atom stereocenters. The van der Waals surface area contributed by atoms with Crippen molar-refractivity contribution in [3.8, 4) is 5.75 Å². The van der Waals surface area contributed by atoms with Crippen molar-refractivity contribution in [3.63, 3.8) is 0 Å². The fourth-order valence-electron chi connectivity index (χ4n) is 1.42. The van der Waals surface area contributed by atoms with E-state index in [1.807, 2.05) is 32.1 Å². The van der Waals surface area contributed by atoms with Crippen LogP contribution in [0.5, 0.6) is 5.75 Å². The molecule has 1 aromatic carbocycles. The van der Waals surface area contributed by atoms with Gasteiger partial charge in [0.15, 0.2) is 0 Å². The Bertz CT molecular complexity index is 414. The second-order valence-electron chi connectivity index (χ2n) is 4.11. The lowest BCUT2D eigenvalue weighted by atomic mass is 10.2. The third kappa shape index (κ3) is 5.01. The average molecular weight is 248 g/mol. The van der Waals surface area contributed by atoms with Crippen molar-refractivity contribution in [2.45, 2.75) is 20.0 Å². The maximum Gasteiger partial charge on any atom is 0.251 e. The first-order valence-corrected chi connectivity index (χ1v) is 6.03. The van der Waals surface area contributed by atoms with E-state index in [2.05, 4.69) is 5.32 Å². The van der Waals surface area contributed by atoms with Crippen molar-refractivity contribution >= 4 is 5.91 Å². The molecule has 0 atom stereocenters. The highest BCUT2D eigenvalue weighted by atomic mass is 16.5. The molecule has 0 spiro atoms. The number of carbonyl (C=O) groups is 1. The predicted molar refractivity (Wildman–Crippen MR) is 72.7 cm³/mol. The van der Waals surface area contributed by atoms with Crippen molar-refractivity contribution in [2.24, 2.45) is 5.73 Å². The third-order valence-corrected chi connectivity index (χ3v) is 2.15. The molecule has 98 valence electrons. The summed E-state index contributed by atoms with van der Waals surface area (Å²) in [7, 11) is 0. The fourth-order valence-corrected chi connectivity index (χ4v) is 1.42. The summed E-state index contributed by atoms with van der Waals surface area (Å²) in [5, 5.41) is 2.78. The van der Waals surface area contributed by atoms with Gasteiger partial charge in [0.1, 0.15) is 5.75 Å². The minimum Gasteiger partial charge on any atom is -0.491 e. The third-order valence-electron chi connectivity index (χ3n) is 2.15. The number of amides is 1. The highest BCUT2D eigenvalue weighted by Gasteiger charge is 2.06. The van der Waals surface area contributed by atoms with Gasteiger partial charge in [0, 0.05) is 18.7 Å². The molecule has 0 aromatic heterocycles. The SMILES string of the molecule is CC(C)Oc1cccc(C(=O)NC/C=C/CN)c1. The van der Waals surface area contributed by atoms with Gasteiger partial charge in [-0.15, -0.1) is 0 Å². The van der Waals surface area contributed by atoms with Gasteiger partial charge in [-0.2, -0.15) is 0 Å². The molecule has 0 aliphatic heterocycles. The zero-order valence-corrected chi connectivity index (χ0v) is 10.8. The number of nitrogens with two attached hydrogens (primary N) is 1. The van der Waals surface area contributed by atoms with Gasteiger partial charge in [0.25, 0.3) is 5.91 Å². The summed E-state index contributed by atoms with van der Waals surface area (Å²) in [4.78, 5) is 11.8. The normalized spacial score (nSPS) is 10.9. The number of benzene rings is 1. The Hall–Kier alpha value is -1.81. The van der Waals surface area contributed by atoms with Crippen LogP contribution in [0.15, 0.2) is 36.4 Å². The van der Waals surface area contributed by atoms with Crippen LogP contribution in [0.1, 0.15) is 24.2 Å². The molecule has 0 aliphatic rings. The highest BCUT2D eigenvalue weighted by molar-refractivity contribution is 5.94. The molecule has 0 fully saturated rings. The molecule has 0 saturated carbocycles. The van der Waals surface area contributed by atoms with Crippen LogP contribution in [0.25, 0.3) is 0 Å². The zero-order chi connectivity index (χ0) is 13.4. The summed E-state index contributed by atoms with van der Waals surface area (Å²) in [5.74, 6) is 0.584. The smallest absolute Gasteiger partial charge is 0.251 e. The van der Waals surface area contributed by atoms with E-state index in [0.29, 0.717) is 24.4 Å². The van der Waals surface area contributed by atoms with Crippen LogP contribution in [-0.2, 0) is 0 Å². The summed E-state index contributed by atoms with van der Waals surface area (Å²) in [6, 6.07) is 7.14. The summed E-state index contributed by atoms with van der Waals surface area (Å²) in [6.45, 7) is 4.85. The number of ether oxygens (including phenoxy) is 1. The molecule has 1 amide bonds. The molecule has 1 aromatic rings. The second kappa shape index (κ2) is 7.50. The van der Waals surface area contributed by atoms with Crippen molar-refractivity contribution < 1.29 is 9.53 Å². The maximum atomic E-state index is 11.8. The van der Waals surface area contributed by atoms with Crippen molar-refractivity contribution in [2.75, 3.05) is 13.1 Å². The van der Waals surface area contributed by atoms with Gasteiger partial charge in [-0.25, -0.2) is 0 Å². The Kier molecular flexibility index (Phi) is 5.94. The summed E-state index contributed by atoms with van der Waals surface area (Å²) in [6.07, 6.45) is 3.72. The van der Waals surface area contributed by atoms with E-state index >= 15 is 0 Å². The zero-order valence-electron chi connectivity index (χ0n) is 10.8. The number of hydrogen-bond acceptors (Lipinski definition) is 3. The van der Waals surface area contributed by atoms with Gasteiger partial charge >= 0.3 is 0 Å². The Morgan fingerprint density at radius 3 is 2.89 bits per heavy atom. The number of carbonyl (C=O) groups excluding carboxylic acids is 1. The van der Waals surface area contributed by atoms with Crippen LogP contribution >= 0.6 is 0 Å². The van der Waals surface area contributed by atoms with Gasteiger partial charge in [0.05, 0.1) is 6.10 Å². The topological polar surface area (TPSA) is 64.3 Å². The lowest BCUT2D eigenvalue weighted by Crippen LogP contribution is -2.23. The molecule has 0 saturated heterocycles. The van der Waals surface area contributed by atoms with Gasteiger partial charge in [-0.05, 0) is 32.0 Å². The highest BCUT2D eigenvalue weighted by Crippen LogP contribution is 2.14. The minimum absolute atomic E-state index is 0.0933. The minimum atomic E-state index is -0.120. The molecular formula is C14H20N2O2. The first kappa shape index (κ1) is 14.3. The molecule has 4 heteroatoms. The van der Waals surface area contributed by atoms with Crippen molar-refractivity contribution in [3.05, 3.63) is 42.0 Å². The van der Waals surface area contributed by atoms with E-state index in [1.54, 1.807) is 18.2 Å². The molecule has 18 heavy (non-hydrogen) atoms. The molecule has 0 radical (unpaired) electrons. The summed E-state index contributed by atoms with van der Waals surface area (Å²) >= 11 is 0. The largest absolute Gasteiger partial charge is 0.491 e. The van der Waals surface area contributed by atoms with Crippen molar-refractivity contribution in [1.29, 1.82) is 0 Å². The van der Waals surface area contributed by atoms with Gasteiger partial charge < -0.3 is 15.8 Å². The molecule has 0 bridgehead atoms. The molecular weight excluding hydrogens is 228 g/mol. The lowest BCUT2D eigenvalue weighted by Gasteiger charge is -2.10. The van der Waals surface area contributed by atoms with Gasteiger partial charge in [-0.1, -0.05) is 18.2 Å². The van der Waals surface area contributed by atoms with Crippen LogP contribution < -0.4 is 15.8 Å². The first-order valence-electron chi connectivity index (χ1n) is 6.03. The quantitative estimate of drug-likeness (QED) is 0.753. The van der Waals surface area contributed by atoms with Crippen LogP contribution in [0.3, 0.4) is 0 Å². The first-order chi connectivity index (χ1) is 8.63. The number of rotatable bonds is 6. The van der Waals surface area contributed by atoms with E-state index in [4.69, 9.17) is 10.5 Å². The average Bonchev–Trinajstić information content (AvgIpc) is 2.34. The molecule has 3 N–H and O–H groups in total. The van der Waals surface area contributed by atoms with Gasteiger partial charge in [-0.3, -0.25) is 4.79 Å². The number of nitrogens with one attached hydrogen (secondary N) is 1. The standard InChI is InChI=1S/C14H20N2O2/c1-11(2)18-13-7-5-6-12(10-13)14(17)16-9-4-3-8-15/h3-7,10-11H,8-9,15H2,1-2H3,(H,16,17)/b4-3+. The maximum absolute atomic E-state index is 11.8. The number of hydrogen-bond donors (Lipinski definition) is 2. The van der Waals surface area contributed by atoms with Gasteiger partial charge in [0.2, 0.25) is 0 Å². The summed E-state index contributed by atoms with van der Waals surface area (Å²) < 4.78 is 5.54. The van der Waals surface area contributed by atoms with E-state index in [9.17, 15) is 4.79 Å². The van der Waals surface area contributed by atoms with Crippen molar-refractivity contribution in [1.82, 2.24) is 5.32 Å². The Labute approximate surface area is 108 Å². The molecule has 1 rings (SSSR count). The van der Waals surface area contributed by atoms with Crippen LogP contribution in [0.4, 0.5) is 0 Å². The fraction of sp³-hybridized carbons (Fsp3) is 0.357. The summed E-state index contributed by atoms with van der Waals surface area (Å²) in [5.41, 5.74) is 5.90. The second-order valence-corrected chi connectivity index (χ2v) is 4.11. The van der Waals surface area contributed by atoms with E-state index in [0.717, 1.165) is 0 Å². The monoisotopic (exact) mass is 248 g/mol. The van der Waals surface area contributed by atoms with Crippen LogP contribution in [0.2, 0.25) is 0 Å². The van der Waals surface area contributed by atoms with E-state index < -0.39 is 0 Å². The lowest BCUT2D eigenvalue weighted by molar-refractivity contribution is 0.0957. The van der Waals surface area contributed by atoms with E-state index in [-0.39, 0.29) is 12.0 Å². The predicted octanol–water partition coefficient (Wildman–Crippen LogP) is 1.72. The van der Waals surface area contributed by atoms with Crippen LogP contribution in [-0.4, -0.2) is 25.1 Å². The molecule has 4 nitrogen and oxygen atoms in total. The van der Waals surface area contributed by atoms with Crippen LogP contribution in [0, 0.1) is 0 Å². The molecule has 0 aliphatic carbocycles.